The first-order chi connectivity index (χ1) is 11.5. The average molecular weight is 367 g/mol. The maximum Gasteiger partial charge on any atom is 0.257 e. The summed E-state index contributed by atoms with van der Waals surface area (Å²) in [7, 11) is 4.07. The van der Waals surface area contributed by atoms with Crippen molar-refractivity contribution in [3.05, 3.63) is 52.3 Å². The number of benzene rings is 1. The molecule has 0 unspecified atom stereocenters. The summed E-state index contributed by atoms with van der Waals surface area (Å²) in [4.78, 5) is 18.6. The van der Waals surface area contributed by atoms with Crippen molar-refractivity contribution in [2.45, 2.75) is 6.42 Å². The zero-order valence-corrected chi connectivity index (χ0v) is 15.2. The Balaban J connectivity index is 2.01. The van der Waals surface area contributed by atoms with E-state index in [1.54, 1.807) is 30.5 Å². The third kappa shape index (κ3) is 5.37. The second-order valence-corrected chi connectivity index (χ2v) is 6.41. The van der Waals surface area contributed by atoms with Crippen LogP contribution in [0.25, 0.3) is 0 Å². The van der Waals surface area contributed by atoms with Crippen LogP contribution in [0.5, 0.6) is 0 Å². The number of amides is 1. The molecule has 24 heavy (non-hydrogen) atoms. The molecule has 128 valence electrons. The maximum absolute atomic E-state index is 12.4. The number of aromatic nitrogens is 1. The smallest absolute Gasteiger partial charge is 0.257 e. The van der Waals surface area contributed by atoms with Gasteiger partial charge in [-0.3, -0.25) is 9.78 Å². The number of rotatable bonds is 7. The van der Waals surface area contributed by atoms with Gasteiger partial charge >= 0.3 is 0 Å². The van der Waals surface area contributed by atoms with E-state index >= 15 is 0 Å². The lowest BCUT2D eigenvalue weighted by Crippen LogP contribution is -2.17. The minimum absolute atomic E-state index is 0.311. The van der Waals surface area contributed by atoms with Crippen molar-refractivity contribution in [3.63, 3.8) is 0 Å². The topological polar surface area (TPSA) is 57.3 Å². The molecule has 2 aromatic rings. The van der Waals surface area contributed by atoms with E-state index in [9.17, 15) is 4.79 Å². The van der Waals surface area contributed by atoms with Crippen molar-refractivity contribution in [2.24, 2.45) is 0 Å². The van der Waals surface area contributed by atoms with Gasteiger partial charge < -0.3 is 15.5 Å². The number of para-hydroxylation sites is 1. The van der Waals surface area contributed by atoms with Gasteiger partial charge in [0.1, 0.15) is 0 Å². The third-order valence-corrected chi connectivity index (χ3v) is 3.94. The van der Waals surface area contributed by atoms with E-state index in [2.05, 4.69) is 20.5 Å². The molecule has 1 heterocycles. The molecule has 1 amide bonds. The molecule has 0 bridgehead atoms. The lowest BCUT2D eigenvalue weighted by molar-refractivity contribution is 0.102. The highest BCUT2D eigenvalue weighted by molar-refractivity contribution is 6.40. The highest BCUT2D eigenvalue weighted by atomic mass is 35.5. The molecular formula is C17H20Cl2N4O. The highest BCUT2D eigenvalue weighted by Gasteiger charge is 2.12. The van der Waals surface area contributed by atoms with Gasteiger partial charge in [0.05, 0.1) is 27.0 Å². The summed E-state index contributed by atoms with van der Waals surface area (Å²) < 4.78 is 0. The van der Waals surface area contributed by atoms with Gasteiger partial charge in [-0.2, -0.15) is 0 Å². The standard InChI is InChI=1S/C17H20Cl2N4O/c1-23(2)8-4-7-21-13-9-12(10-20-11-13)17(24)22-16-14(18)5-3-6-15(16)19/h3,5-6,9-11,21H,4,7-8H2,1-2H3,(H,22,24). The number of carbonyl (C=O) groups excluding carboxylic acids is 1. The summed E-state index contributed by atoms with van der Waals surface area (Å²) in [6, 6.07) is 6.82. The molecule has 0 aliphatic carbocycles. The average Bonchev–Trinajstić information content (AvgIpc) is 2.55. The van der Waals surface area contributed by atoms with Crippen molar-refractivity contribution in [1.29, 1.82) is 0 Å². The Morgan fingerprint density at radius 2 is 1.92 bits per heavy atom. The predicted octanol–water partition coefficient (Wildman–Crippen LogP) is 4.00. The van der Waals surface area contributed by atoms with Crippen LogP contribution in [0.4, 0.5) is 11.4 Å². The van der Waals surface area contributed by atoms with Gasteiger partial charge in [-0.15, -0.1) is 0 Å². The van der Waals surface area contributed by atoms with E-state index in [4.69, 9.17) is 23.2 Å². The molecule has 0 aliphatic heterocycles. The largest absolute Gasteiger partial charge is 0.384 e. The molecule has 0 spiro atoms. The monoisotopic (exact) mass is 366 g/mol. The minimum atomic E-state index is -0.311. The van der Waals surface area contributed by atoms with Crippen LogP contribution in [0.15, 0.2) is 36.7 Å². The first-order valence-electron chi connectivity index (χ1n) is 7.56. The molecule has 0 radical (unpaired) electrons. The summed E-state index contributed by atoms with van der Waals surface area (Å²) in [6.07, 6.45) is 4.19. The van der Waals surface area contributed by atoms with E-state index in [0.717, 1.165) is 25.2 Å². The van der Waals surface area contributed by atoms with Gasteiger partial charge in [-0.1, -0.05) is 29.3 Å². The number of pyridine rings is 1. The van der Waals surface area contributed by atoms with Crippen LogP contribution in [-0.4, -0.2) is 43.0 Å². The Labute approximate surface area is 152 Å². The van der Waals surface area contributed by atoms with Gasteiger partial charge in [-0.05, 0) is 45.3 Å². The van der Waals surface area contributed by atoms with Crippen LogP contribution in [-0.2, 0) is 0 Å². The molecular weight excluding hydrogens is 347 g/mol. The summed E-state index contributed by atoms with van der Waals surface area (Å²) >= 11 is 12.1. The summed E-state index contributed by atoms with van der Waals surface area (Å²) in [5.74, 6) is -0.311. The van der Waals surface area contributed by atoms with Gasteiger partial charge in [0, 0.05) is 18.9 Å². The summed E-state index contributed by atoms with van der Waals surface area (Å²) in [5, 5.41) is 6.77. The second kappa shape index (κ2) is 8.87. The second-order valence-electron chi connectivity index (χ2n) is 5.60. The fourth-order valence-corrected chi connectivity index (χ4v) is 2.58. The molecule has 5 nitrogen and oxygen atoms in total. The number of hydrogen-bond acceptors (Lipinski definition) is 4. The van der Waals surface area contributed by atoms with Crippen molar-refractivity contribution >= 4 is 40.5 Å². The third-order valence-electron chi connectivity index (χ3n) is 3.31. The SMILES string of the molecule is CN(C)CCCNc1cncc(C(=O)Nc2c(Cl)cccc2Cl)c1. The first kappa shape index (κ1) is 18.5. The Bertz CT molecular complexity index is 686. The fraction of sp³-hybridized carbons (Fsp3) is 0.294. The molecule has 0 fully saturated rings. The van der Waals surface area contributed by atoms with Crippen LogP contribution in [0, 0.1) is 0 Å². The molecule has 2 N–H and O–H groups in total. The molecule has 0 atom stereocenters. The predicted molar refractivity (Wildman–Crippen MR) is 100 cm³/mol. The highest BCUT2D eigenvalue weighted by Crippen LogP contribution is 2.30. The summed E-state index contributed by atoms with van der Waals surface area (Å²) in [6.45, 7) is 1.80. The number of hydrogen-bond donors (Lipinski definition) is 2. The number of anilines is 2. The zero-order valence-electron chi connectivity index (χ0n) is 13.6. The number of halogens is 2. The number of nitrogens with one attached hydrogen (secondary N) is 2. The zero-order chi connectivity index (χ0) is 17.5. The lowest BCUT2D eigenvalue weighted by atomic mass is 10.2. The molecule has 0 aliphatic rings. The fourth-order valence-electron chi connectivity index (χ4n) is 2.09. The van der Waals surface area contributed by atoms with Crippen LogP contribution in [0.2, 0.25) is 10.0 Å². The number of carbonyl (C=O) groups is 1. The van der Waals surface area contributed by atoms with Crippen LogP contribution in [0.1, 0.15) is 16.8 Å². The van der Waals surface area contributed by atoms with Crippen molar-refractivity contribution < 1.29 is 4.79 Å². The van der Waals surface area contributed by atoms with Gasteiger partial charge in [0.25, 0.3) is 5.91 Å². The summed E-state index contributed by atoms with van der Waals surface area (Å²) in [5.41, 5.74) is 1.63. The lowest BCUT2D eigenvalue weighted by Gasteiger charge is -2.12. The Morgan fingerprint density at radius 3 is 2.58 bits per heavy atom. The van der Waals surface area contributed by atoms with E-state index in [0.29, 0.717) is 21.3 Å². The molecule has 1 aromatic heterocycles. The Kier molecular flexibility index (Phi) is 6.85. The van der Waals surface area contributed by atoms with E-state index in [1.807, 2.05) is 14.1 Å². The quantitative estimate of drug-likeness (QED) is 0.727. The van der Waals surface area contributed by atoms with Crippen LogP contribution >= 0.6 is 23.2 Å². The molecule has 2 rings (SSSR count). The van der Waals surface area contributed by atoms with Gasteiger partial charge in [-0.25, -0.2) is 0 Å². The van der Waals surface area contributed by atoms with E-state index in [-0.39, 0.29) is 5.91 Å². The van der Waals surface area contributed by atoms with E-state index < -0.39 is 0 Å². The van der Waals surface area contributed by atoms with E-state index in [1.165, 1.54) is 6.20 Å². The molecule has 0 saturated carbocycles. The minimum Gasteiger partial charge on any atom is -0.384 e. The molecule has 7 heteroatoms. The normalized spacial score (nSPS) is 10.7. The maximum atomic E-state index is 12.4. The molecule has 1 aromatic carbocycles. The van der Waals surface area contributed by atoms with Gasteiger partial charge in [0.2, 0.25) is 0 Å². The van der Waals surface area contributed by atoms with Crippen molar-refractivity contribution in [3.8, 4) is 0 Å². The van der Waals surface area contributed by atoms with Crippen LogP contribution in [0.3, 0.4) is 0 Å². The Hall–Kier alpha value is -1.82. The first-order valence-corrected chi connectivity index (χ1v) is 8.32. The molecule has 0 saturated heterocycles. The van der Waals surface area contributed by atoms with Crippen LogP contribution < -0.4 is 10.6 Å². The Morgan fingerprint density at radius 1 is 1.21 bits per heavy atom. The van der Waals surface area contributed by atoms with Crippen molar-refractivity contribution in [2.75, 3.05) is 37.8 Å². The van der Waals surface area contributed by atoms with Crippen molar-refractivity contribution in [1.82, 2.24) is 9.88 Å². The number of nitrogens with zero attached hydrogens (tertiary/aromatic N) is 2. The van der Waals surface area contributed by atoms with Gasteiger partial charge in [0.15, 0.2) is 0 Å².